The number of halogens is 4. The predicted octanol–water partition coefficient (Wildman–Crippen LogP) is 5.39. The summed E-state index contributed by atoms with van der Waals surface area (Å²) in [7, 11) is 1.77. The standard InChI is InChI=1S/C21H20F4N4O2S2/c1-20(2,17(30)31)33-19-28-14(11-32-19)6-7-29(3)18-26-9-12(10-27-18)15-5-4-13(8-16(15)22)21(23,24)25/h4-5,8-11H,6-7H2,1-3H3,(H,30,31). The fourth-order valence-electron chi connectivity index (χ4n) is 2.68. The largest absolute Gasteiger partial charge is 0.480 e. The van der Waals surface area contributed by atoms with E-state index in [2.05, 4.69) is 15.0 Å². The van der Waals surface area contributed by atoms with Crippen LogP contribution in [0.5, 0.6) is 0 Å². The normalized spacial score (nSPS) is 12.1. The van der Waals surface area contributed by atoms with E-state index in [1.165, 1.54) is 35.5 Å². The molecule has 0 spiro atoms. The molecular formula is C21H20F4N4O2S2. The van der Waals surface area contributed by atoms with Crippen LogP contribution in [0.2, 0.25) is 0 Å². The molecule has 0 fully saturated rings. The first-order valence-corrected chi connectivity index (χ1v) is 11.3. The summed E-state index contributed by atoms with van der Waals surface area (Å²) in [6.45, 7) is 3.75. The van der Waals surface area contributed by atoms with E-state index in [0.29, 0.717) is 29.3 Å². The third-order valence-electron chi connectivity index (χ3n) is 4.68. The minimum Gasteiger partial charge on any atom is -0.480 e. The summed E-state index contributed by atoms with van der Waals surface area (Å²) in [6, 6.07) is 2.33. The minimum absolute atomic E-state index is 0.0195. The van der Waals surface area contributed by atoms with Crippen LogP contribution in [0.1, 0.15) is 25.1 Å². The van der Waals surface area contributed by atoms with Gasteiger partial charge >= 0.3 is 12.1 Å². The van der Waals surface area contributed by atoms with Gasteiger partial charge in [0.1, 0.15) is 10.6 Å². The molecule has 12 heteroatoms. The van der Waals surface area contributed by atoms with Crippen LogP contribution in [0.4, 0.5) is 23.5 Å². The number of aliphatic carboxylic acids is 1. The van der Waals surface area contributed by atoms with E-state index in [9.17, 15) is 27.5 Å². The van der Waals surface area contributed by atoms with Crippen molar-refractivity contribution in [3.05, 3.63) is 53.0 Å². The van der Waals surface area contributed by atoms with Crippen LogP contribution in [0.25, 0.3) is 11.1 Å². The van der Waals surface area contributed by atoms with Gasteiger partial charge in [-0.2, -0.15) is 13.2 Å². The van der Waals surface area contributed by atoms with Crippen molar-refractivity contribution in [2.45, 2.75) is 35.5 Å². The van der Waals surface area contributed by atoms with Gasteiger partial charge in [-0.05, 0) is 26.0 Å². The number of aromatic nitrogens is 3. The molecule has 3 rings (SSSR count). The maximum Gasteiger partial charge on any atom is 0.416 e. The Hall–Kier alpha value is -2.73. The monoisotopic (exact) mass is 500 g/mol. The second kappa shape index (κ2) is 9.64. The molecule has 0 amide bonds. The summed E-state index contributed by atoms with van der Waals surface area (Å²) >= 11 is 2.56. The average Bonchev–Trinajstić information content (AvgIpc) is 3.18. The molecular weight excluding hydrogens is 480 g/mol. The highest BCUT2D eigenvalue weighted by Crippen LogP contribution is 2.35. The van der Waals surface area contributed by atoms with E-state index < -0.39 is 28.3 Å². The minimum atomic E-state index is -4.62. The van der Waals surface area contributed by atoms with E-state index >= 15 is 0 Å². The van der Waals surface area contributed by atoms with Gasteiger partial charge in [0.25, 0.3) is 0 Å². The summed E-state index contributed by atoms with van der Waals surface area (Å²) in [6.07, 6.45) is -1.34. The summed E-state index contributed by atoms with van der Waals surface area (Å²) < 4.78 is 52.0. The zero-order valence-corrected chi connectivity index (χ0v) is 19.5. The van der Waals surface area contributed by atoms with Crippen molar-refractivity contribution < 1.29 is 27.5 Å². The van der Waals surface area contributed by atoms with Gasteiger partial charge in [0.15, 0.2) is 4.34 Å². The van der Waals surface area contributed by atoms with Crippen molar-refractivity contribution in [1.82, 2.24) is 15.0 Å². The Bertz CT molecular complexity index is 1130. The fourth-order valence-corrected chi connectivity index (χ4v) is 4.90. The molecule has 0 saturated heterocycles. The third kappa shape index (κ3) is 6.20. The lowest BCUT2D eigenvalue weighted by molar-refractivity contribution is -0.139. The molecule has 0 bridgehead atoms. The van der Waals surface area contributed by atoms with E-state index in [0.717, 1.165) is 17.8 Å². The molecule has 0 unspecified atom stereocenters. The van der Waals surface area contributed by atoms with E-state index in [1.807, 2.05) is 5.38 Å². The topological polar surface area (TPSA) is 79.2 Å². The second-order valence-electron chi connectivity index (χ2n) is 7.66. The van der Waals surface area contributed by atoms with Crippen LogP contribution < -0.4 is 4.90 Å². The van der Waals surface area contributed by atoms with E-state index in [-0.39, 0.29) is 11.1 Å². The summed E-state index contributed by atoms with van der Waals surface area (Å²) in [5, 5.41) is 11.1. The number of likely N-dealkylation sites (N-methyl/N-ethyl adjacent to an activating group) is 1. The zero-order valence-electron chi connectivity index (χ0n) is 17.9. The number of hydrogen-bond donors (Lipinski definition) is 1. The number of thiazole rings is 1. The molecule has 0 saturated carbocycles. The number of alkyl halides is 3. The fraction of sp³-hybridized carbons (Fsp3) is 0.333. The van der Waals surface area contributed by atoms with Gasteiger partial charge in [-0.3, -0.25) is 4.79 Å². The predicted molar refractivity (Wildman–Crippen MR) is 119 cm³/mol. The van der Waals surface area contributed by atoms with Crippen LogP contribution in [0.15, 0.2) is 40.3 Å². The number of benzene rings is 1. The van der Waals surface area contributed by atoms with Gasteiger partial charge in [-0.1, -0.05) is 17.8 Å². The molecule has 0 aliphatic carbocycles. The van der Waals surface area contributed by atoms with Crippen molar-refractivity contribution in [1.29, 1.82) is 0 Å². The highest BCUT2D eigenvalue weighted by molar-refractivity contribution is 8.02. The van der Waals surface area contributed by atoms with Crippen LogP contribution in [0.3, 0.4) is 0 Å². The highest BCUT2D eigenvalue weighted by Gasteiger charge is 2.31. The van der Waals surface area contributed by atoms with Crippen LogP contribution in [-0.2, 0) is 17.4 Å². The van der Waals surface area contributed by atoms with Crippen molar-refractivity contribution in [2.75, 3.05) is 18.5 Å². The smallest absolute Gasteiger partial charge is 0.416 e. The first-order valence-electron chi connectivity index (χ1n) is 9.64. The van der Waals surface area contributed by atoms with Gasteiger partial charge in [-0.15, -0.1) is 11.3 Å². The SMILES string of the molecule is CN(CCc1csc(SC(C)(C)C(=O)O)n1)c1ncc(-c2ccc(C(F)(F)F)cc2F)cn1. The number of nitrogens with zero attached hydrogens (tertiary/aromatic N) is 4. The third-order valence-corrected chi connectivity index (χ3v) is 6.85. The summed E-state index contributed by atoms with van der Waals surface area (Å²) in [4.78, 5) is 25.9. The van der Waals surface area contributed by atoms with Crippen molar-refractivity contribution in [3.63, 3.8) is 0 Å². The second-order valence-corrected chi connectivity index (χ2v) is 10.4. The Balaban J connectivity index is 1.62. The first kappa shape index (κ1) is 24.9. The zero-order chi connectivity index (χ0) is 24.4. The number of rotatable bonds is 8. The van der Waals surface area contributed by atoms with Gasteiger partial charge in [0.05, 0.1) is 11.3 Å². The molecule has 3 aromatic rings. The Morgan fingerprint density at radius 2 is 1.88 bits per heavy atom. The molecule has 176 valence electrons. The Morgan fingerprint density at radius 3 is 2.45 bits per heavy atom. The molecule has 1 N–H and O–H groups in total. The maximum atomic E-state index is 14.2. The summed E-state index contributed by atoms with van der Waals surface area (Å²) in [5.41, 5.74) is -0.00953. The quantitative estimate of drug-likeness (QED) is 0.328. The van der Waals surface area contributed by atoms with Gasteiger partial charge in [-0.25, -0.2) is 19.3 Å². The number of thioether (sulfide) groups is 1. The Kier molecular flexibility index (Phi) is 7.27. The lowest BCUT2D eigenvalue weighted by Crippen LogP contribution is -2.26. The van der Waals surface area contributed by atoms with Gasteiger partial charge < -0.3 is 10.0 Å². The van der Waals surface area contributed by atoms with Crippen LogP contribution in [0, 0.1) is 5.82 Å². The molecule has 0 atom stereocenters. The van der Waals surface area contributed by atoms with Crippen molar-refractivity contribution in [3.8, 4) is 11.1 Å². The van der Waals surface area contributed by atoms with Gasteiger partial charge in [0, 0.05) is 48.9 Å². The number of carboxylic acids is 1. The first-order chi connectivity index (χ1) is 15.4. The number of anilines is 1. The van der Waals surface area contributed by atoms with Crippen LogP contribution >= 0.6 is 23.1 Å². The molecule has 1 aromatic carbocycles. The number of hydrogen-bond acceptors (Lipinski definition) is 7. The van der Waals surface area contributed by atoms with E-state index in [1.54, 1.807) is 25.8 Å². The lowest BCUT2D eigenvalue weighted by Gasteiger charge is -2.17. The molecule has 0 radical (unpaired) electrons. The Labute approximate surface area is 195 Å². The molecule has 2 heterocycles. The van der Waals surface area contributed by atoms with E-state index in [4.69, 9.17) is 0 Å². The van der Waals surface area contributed by atoms with Crippen LogP contribution in [-0.4, -0.2) is 44.4 Å². The van der Waals surface area contributed by atoms with Gasteiger partial charge in [0.2, 0.25) is 5.95 Å². The molecule has 0 aliphatic heterocycles. The molecule has 6 nitrogen and oxygen atoms in total. The maximum absolute atomic E-state index is 14.2. The van der Waals surface area contributed by atoms with Crippen molar-refractivity contribution in [2.24, 2.45) is 0 Å². The Morgan fingerprint density at radius 1 is 1.21 bits per heavy atom. The lowest BCUT2D eigenvalue weighted by atomic mass is 10.1. The molecule has 33 heavy (non-hydrogen) atoms. The highest BCUT2D eigenvalue weighted by atomic mass is 32.2. The number of carboxylic acid groups (broad SMARTS) is 1. The summed E-state index contributed by atoms with van der Waals surface area (Å²) in [5.74, 6) is -1.55. The molecule has 2 aromatic heterocycles. The van der Waals surface area contributed by atoms with Crippen molar-refractivity contribution >= 4 is 35.0 Å². The molecule has 0 aliphatic rings. The average molecular weight is 501 g/mol. The number of carbonyl (C=O) groups is 1.